The number of hydrogen-bond acceptors (Lipinski definition) is 5. The first-order valence-electron chi connectivity index (χ1n) is 7.04. The lowest BCUT2D eigenvalue weighted by Crippen LogP contribution is -2.36. The summed E-state index contributed by atoms with van der Waals surface area (Å²) < 4.78 is 5.25. The molecule has 0 bridgehead atoms. The van der Waals surface area contributed by atoms with E-state index in [1.807, 2.05) is 0 Å². The standard InChI is InChI=1S/C14H27N3OS/c1-6-10(3)13-12(8-15)19-14(16-13)17(7-2)11(4)9-18-5/h10-11H,6-9,15H2,1-5H3. The van der Waals surface area contributed by atoms with Gasteiger partial charge in [-0.05, 0) is 26.2 Å². The van der Waals surface area contributed by atoms with Crippen molar-refractivity contribution in [1.82, 2.24) is 4.98 Å². The van der Waals surface area contributed by atoms with Crippen molar-refractivity contribution in [3.63, 3.8) is 0 Å². The summed E-state index contributed by atoms with van der Waals surface area (Å²) in [6.45, 7) is 10.9. The largest absolute Gasteiger partial charge is 0.383 e. The van der Waals surface area contributed by atoms with Gasteiger partial charge in [-0.1, -0.05) is 13.8 Å². The smallest absolute Gasteiger partial charge is 0.186 e. The molecule has 2 N–H and O–H groups in total. The van der Waals surface area contributed by atoms with Crippen LogP contribution in [-0.2, 0) is 11.3 Å². The fourth-order valence-corrected chi connectivity index (χ4v) is 3.39. The highest BCUT2D eigenvalue weighted by molar-refractivity contribution is 7.15. The molecule has 0 aromatic carbocycles. The number of thiazole rings is 1. The molecular weight excluding hydrogens is 258 g/mol. The molecule has 2 atom stereocenters. The van der Waals surface area contributed by atoms with Crippen molar-refractivity contribution >= 4 is 16.5 Å². The van der Waals surface area contributed by atoms with Crippen LogP contribution in [0.5, 0.6) is 0 Å². The number of nitrogens with zero attached hydrogens (tertiary/aromatic N) is 2. The maximum absolute atomic E-state index is 5.86. The molecule has 0 aliphatic carbocycles. The first kappa shape index (κ1) is 16.4. The van der Waals surface area contributed by atoms with E-state index in [4.69, 9.17) is 15.5 Å². The Kier molecular flexibility index (Phi) is 6.75. The maximum atomic E-state index is 5.86. The summed E-state index contributed by atoms with van der Waals surface area (Å²) in [5, 5.41) is 1.07. The Bertz CT molecular complexity index is 381. The van der Waals surface area contributed by atoms with Crippen molar-refractivity contribution in [3.05, 3.63) is 10.6 Å². The van der Waals surface area contributed by atoms with E-state index in [9.17, 15) is 0 Å². The van der Waals surface area contributed by atoms with Crippen LogP contribution in [0.15, 0.2) is 0 Å². The van der Waals surface area contributed by atoms with E-state index in [0.717, 1.165) is 18.1 Å². The lowest BCUT2D eigenvalue weighted by Gasteiger charge is -2.26. The summed E-state index contributed by atoms with van der Waals surface area (Å²) >= 11 is 1.72. The summed E-state index contributed by atoms with van der Waals surface area (Å²) in [6.07, 6.45) is 1.09. The number of nitrogens with two attached hydrogens (primary N) is 1. The Labute approximate surface area is 121 Å². The molecule has 1 aromatic rings. The molecule has 1 aromatic heterocycles. The molecule has 0 saturated heterocycles. The fraction of sp³-hybridized carbons (Fsp3) is 0.786. The molecule has 0 radical (unpaired) electrons. The molecule has 0 aliphatic rings. The molecule has 0 aliphatic heterocycles. The van der Waals surface area contributed by atoms with Gasteiger partial charge in [0.25, 0.3) is 0 Å². The third-order valence-electron chi connectivity index (χ3n) is 3.51. The van der Waals surface area contributed by atoms with Crippen molar-refractivity contribution in [3.8, 4) is 0 Å². The van der Waals surface area contributed by atoms with E-state index in [1.54, 1.807) is 18.4 Å². The van der Waals surface area contributed by atoms with Crippen molar-refractivity contribution in [1.29, 1.82) is 0 Å². The van der Waals surface area contributed by atoms with E-state index in [2.05, 4.69) is 32.6 Å². The summed E-state index contributed by atoms with van der Waals surface area (Å²) in [5.41, 5.74) is 7.03. The molecule has 0 saturated carbocycles. The molecule has 1 heterocycles. The van der Waals surface area contributed by atoms with E-state index in [-0.39, 0.29) is 0 Å². The Morgan fingerprint density at radius 3 is 2.53 bits per heavy atom. The second-order valence-electron chi connectivity index (χ2n) is 4.91. The van der Waals surface area contributed by atoms with Gasteiger partial charge in [-0.15, -0.1) is 11.3 Å². The zero-order valence-electron chi connectivity index (χ0n) is 12.8. The maximum Gasteiger partial charge on any atom is 0.186 e. The Hall–Kier alpha value is -0.650. The predicted molar refractivity (Wildman–Crippen MR) is 83.1 cm³/mol. The Balaban J connectivity index is 3.01. The van der Waals surface area contributed by atoms with Crippen molar-refractivity contribution in [2.75, 3.05) is 25.2 Å². The topological polar surface area (TPSA) is 51.4 Å². The van der Waals surface area contributed by atoms with Gasteiger partial charge in [-0.2, -0.15) is 0 Å². The third kappa shape index (κ3) is 3.91. The van der Waals surface area contributed by atoms with Crippen LogP contribution < -0.4 is 10.6 Å². The number of ether oxygens (including phenoxy) is 1. The van der Waals surface area contributed by atoms with Crippen LogP contribution >= 0.6 is 11.3 Å². The van der Waals surface area contributed by atoms with Crippen LogP contribution in [0.4, 0.5) is 5.13 Å². The SMILES string of the molecule is CCC(C)c1nc(N(CC)C(C)COC)sc1CN. The zero-order valence-corrected chi connectivity index (χ0v) is 13.6. The summed E-state index contributed by atoms with van der Waals surface area (Å²) in [7, 11) is 1.74. The van der Waals surface area contributed by atoms with Gasteiger partial charge in [-0.25, -0.2) is 4.98 Å². The van der Waals surface area contributed by atoms with Gasteiger partial charge < -0.3 is 15.4 Å². The highest BCUT2D eigenvalue weighted by atomic mass is 32.1. The molecule has 1 rings (SSSR count). The molecule has 0 amide bonds. The number of anilines is 1. The van der Waals surface area contributed by atoms with Gasteiger partial charge >= 0.3 is 0 Å². The van der Waals surface area contributed by atoms with E-state index < -0.39 is 0 Å². The van der Waals surface area contributed by atoms with Crippen LogP contribution in [0.25, 0.3) is 0 Å². The number of hydrogen-bond donors (Lipinski definition) is 1. The van der Waals surface area contributed by atoms with Gasteiger partial charge in [0, 0.05) is 25.1 Å². The number of methoxy groups -OCH3 is 1. The molecule has 110 valence electrons. The summed E-state index contributed by atoms with van der Waals surface area (Å²) in [5.74, 6) is 0.472. The average molecular weight is 285 g/mol. The van der Waals surface area contributed by atoms with Gasteiger partial charge in [0.1, 0.15) is 0 Å². The molecule has 4 nitrogen and oxygen atoms in total. The number of rotatable bonds is 8. The zero-order chi connectivity index (χ0) is 14.4. The van der Waals surface area contributed by atoms with E-state index in [1.165, 1.54) is 10.6 Å². The third-order valence-corrected chi connectivity index (χ3v) is 4.64. The van der Waals surface area contributed by atoms with E-state index >= 15 is 0 Å². The van der Waals surface area contributed by atoms with Crippen molar-refractivity contribution < 1.29 is 4.74 Å². The monoisotopic (exact) mass is 285 g/mol. The number of aromatic nitrogens is 1. The number of likely N-dealkylation sites (N-methyl/N-ethyl adjacent to an activating group) is 1. The second kappa shape index (κ2) is 7.82. The molecule has 0 fully saturated rings. The minimum Gasteiger partial charge on any atom is -0.383 e. The van der Waals surface area contributed by atoms with Gasteiger partial charge in [0.05, 0.1) is 18.3 Å². The average Bonchev–Trinajstić information content (AvgIpc) is 2.83. The van der Waals surface area contributed by atoms with Gasteiger partial charge in [0.15, 0.2) is 5.13 Å². The minimum absolute atomic E-state index is 0.330. The van der Waals surface area contributed by atoms with Crippen molar-refractivity contribution in [2.24, 2.45) is 5.73 Å². The molecule has 2 unspecified atom stereocenters. The first-order valence-corrected chi connectivity index (χ1v) is 7.85. The van der Waals surface area contributed by atoms with Gasteiger partial charge in [0.2, 0.25) is 0 Å². The highest BCUT2D eigenvalue weighted by Crippen LogP contribution is 2.32. The normalized spacial score (nSPS) is 14.4. The Morgan fingerprint density at radius 1 is 1.37 bits per heavy atom. The highest BCUT2D eigenvalue weighted by Gasteiger charge is 2.21. The summed E-state index contributed by atoms with van der Waals surface area (Å²) in [6, 6.07) is 0.330. The van der Waals surface area contributed by atoms with E-state index in [0.29, 0.717) is 25.1 Å². The Morgan fingerprint density at radius 2 is 2.05 bits per heavy atom. The second-order valence-corrected chi connectivity index (χ2v) is 5.97. The summed E-state index contributed by atoms with van der Waals surface area (Å²) in [4.78, 5) is 8.34. The van der Waals surface area contributed by atoms with Crippen LogP contribution in [0.3, 0.4) is 0 Å². The van der Waals surface area contributed by atoms with Crippen LogP contribution in [-0.4, -0.2) is 31.3 Å². The lowest BCUT2D eigenvalue weighted by atomic mass is 10.0. The quantitative estimate of drug-likeness (QED) is 0.798. The predicted octanol–water partition coefficient (Wildman–Crippen LogP) is 2.98. The van der Waals surface area contributed by atoms with Crippen LogP contribution in [0.2, 0.25) is 0 Å². The van der Waals surface area contributed by atoms with Crippen LogP contribution in [0, 0.1) is 0 Å². The molecular formula is C14H27N3OS. The molecule has 5 heteroatoms. The minimum atomic E-state index is 0.330. The lowest BCUT2D eigenvalue weighted by molar-refractivity contribution is 0.182. The molecule has 19 heavy (non-hydrogen) atoms. The first-order chi connectivity index (χ1) is 9.08. The fourth-order valence-electron chi connectivity index (χ4n) is 2.16. The molecule has 0 spiro atoms. The van der Waals surface area contributed by atoms with Gasteiger partial charge in [-0.3, -0.25) is 0 Å². The van der Waals surface area contributed by atoms with Crippen molar-refractivity contribution in [2.45, 2.75) is 52.6 Å². The van der Waals surface area contributed by atoms with Crippen LogP contribution in [0.1, 0.15) is 50.6 Å².